The van der Waals surface area contributed by atoms with Gasteiger partial charge in [0.25, 0.3) is 0 Å². The van der Waals surface area contributed by atoms with Gasteiger partial charge < -0.3 is 19.5 Å². The second-order valence-electron chi connectivity index (χ2n) is 5.00. The molecule has 0 spiro atoms. The summed E-state index contributed by atoms with van der Waals surface area (Å²) in [6.45, 7) is 2.36. The van der Waals surface area contributed by atoms with Crippen LogP contribution >= 0.6 is 11.6 Å². The molecule has 1 amide bonds. The molecular weight excluding hydrogens is 342 g/mol. The van der Waals surface area contributed by atoms with Crippen molar-refractivity contribution in [1.29, 1.82) is 0 Å². The highest BCUT2D eigenvalue weighted by atomic mass is 35.5. The van der Waals surface area contributed by atoms with E-state index in [9.17, 15) is 4.79 Å². The van der Waals surface area contributed by atoms with Crippen LogP contribution in [0.3, 0.4) is 0 Å². The summed E-state index contributed by atoms with van der Waals surface area (Å²) in [6.07, 6.45) is 3.08. The minimum Gasteiger partial charge on any atom is -0.497 e. The number of benzene rings is 2. The molecule has 0 atom stereocenters. The zero-order chi connectivity index (χ0) is 18.2. The Labute approximate surface area is 152 Å². The zero-order valence-electron chi connectivity index (χ0n) is 14.3. The number of hydrogen-bond acceptors (Lipinski definition) is 4. The topological polar surface area (TPSA) is 56.8 Å². The molecule has 0 saturated heterocycles. The lowest BCUT2D eigenvalue weighted by atomic mass is 10.1. The van der Waals surface area contributed by atoms with Gasteiger partial charge in [-0.05, 0) is 43.3 Å². The fourth-order valence-electron chi connectivity index (χ4n) is 2.18. The largest absolute Gasteiger partial charge is 0.497 e. The van der Waals surface area contributed by atoms with Crippen molar-refractivity contribution in [3.05, 3.63) is 53.1 Å². The van der Waals surface area contributed by atoms with Gasteiger partial charge >= 0.3 is 0 Å². The Bertz CT molecular complexity index is 774. The average Bonchev–Trinajstić information content (AvgIpc) is 2.62. The Morgan fingerprint density at radius 2 is 1.92 bits per heavy atom. The second kappa shape index (κ2) is 8.99. The van der Waals surface area contributed by atoms with E-state index in [1.807, 2.05) is 13.0 Å². The summed E-state index contributed by atoms with van der Waals surface area (Å²) in [7, 11) is 3.14. The molecule has 2 aromatic rings. The molecule has 1 N–H and O–H groups in total. The summed E-state index contributed by atoms with van der Waals surface area (Å²) in [4.78, 5) is 12.2. The maximum Gasteiger partial charge on any atom is 0.248 e. The van der Waals surface area contributed by atoms with Crippen LogP contribution in [0, 0.1) is 0 Å². The monoisotopic (exact) mass is 361 g/mol. The highest BCUT2D eigenvalue weighted by Crippen LogP contribution is 2.28. The number of nitrogens with one attached hydrogen (secondary N) is 1. The molecule has 2 aromatic carbocycles. The van der Waals surface area contributed by atoms with Crippen LogP contribution < -0.4 is 19.5 Å². The zero-order valence-corrected chi connectivity index (χ0v) is 15.1. The van der Waals surface area contributed by atoms with E-state index >= 15 is 0 Å². The molecule has 0 unspecified atom stereocenters. The molecule has 132 valence electrons. The van der Waals surface area contributed by atoms with Crippen LogP contribution in [0.15, 0.2) is 42.5 Å². The Morgan fingerprint density at radius 1 is 1.12 bits per heavy atom. The number of hydrogen-bond donors (Lipinski definition) is 1. The fraction of sp³-hybridized carbons (Fsp3) is 0.211. The van der Waals surface area contributed by atoms with Gasteiger partial charge in [0.1, 0.15) is 17.2 Å². The lowest BCUT2D eigenvalue weighted by Crippen LogP contribution is -2.09. The van der Waals surface area contributed by atoms with Gasteiger partial charge in [-0.15, -0.1) is 0 Å². The molecule has 6 heteroatoms. The average molecular weight is 362 g/mol. The number of ether oxygens (including phenoxy) is 3. The standard InChI is InChI=1S/C19H20ClNO4/c1-4-25-17-9-7-14(20)11-16(17)21-19(22)10-6-13-5-8-15(23-2)12-18(13)24-3/h5-12H,4H2,1-3H3,(H,21,22)/b10-6+. The third-order valence-electron chi connectivity index (χ3n) is 3.35. The van der Waals surface area contributed by atoms with Crippen molar-refractivity contribution in [1.82, 2.24) is 0 Å². The van der Waals surface area contributed by atoms with Crippen molar-refractivity contribution in [2.45, 2.75) is 6.92 Å². The van der Waals surface area contributed by atoms with Gasteiger partial charge in [-0.1, -0.05) is 11.6 Å². The van der Waals surface area contributed by atoms with Crippen molar-refractivity contribution in [3.8, 4) is 17.2 Å². The third-order valence-corrected chi connectivity index (χ3v) is 3.59. The molecule has 0 aliphatic carbocycles. The number of amides is 1. The van der Waals surface area contributed by atoms with Gasteiger partial charge in [-0.3, -0.25) is 4.79 Å². The molecule has 25 heavy (non-hydrogen) atoms. The lowest BCUT2D eigenvalue weighted by molar-refractivity contribution is -0.111. The predicted molar refractivity (Wildman–Crippen MR) is 99.8 cm³/mol. The number of carbonyl (C=O) groups excluding carboxylic acids is 1. The van der Waals surface area contributed by atoms with Crippen molar-refractivity contribution in [3.63, 3.8) is 0 Å². The summed E-state index contributed by atoms with van der Waals surface area (Å²) < 4.78 is 15.9. The first-order chi connectivity index (χ1) is 12.1. The van der Waals surface area contributed by atoms with E-state index in [1.165, 1.54) is 6.08 Å². The first kappa shape index (κ1) is 18.7. The van der Waals surface area contributed by atoms with E-state index in [2.05, 4.69) is 5.32 Å². The van der Waals surface area contributed by atoms with Crippen molar-refractivity contribution in [2.24, 2.45) is 0 Å². The Kier molecular flexibility index (Phi) is 6.71. The van der Waals surface area contributed by atoms with Crippen LogP contribution in [0.2, 0.25) is 5.02 Å². The molecule has 0 radical (unpaired) electrons. The van der Waals surface area contributed by atoms with E-state index in [0.29, 0.717) is 34.6 Å². The third kappa shape index (κ3) is 5.16. The van der Waals surface area contributed by atoms with E-state index < -0.39 is 0 Å². The van der Waals surface area contributed by atoms with Crippen LogP contribution in [0.25, 0.3) is 6.08 Å². The summed E-state index contributed by atoms with van der Waals surface area (Å²) in [6, 6.07) is 10.4. The number of methoxy groups -OCH3 is 2. The highest BCUT2D eigenvalue weighted by molar-refractivity contribution is 6.31. The fourth-order valence-corrected chi connectivity index (χ4v) is 2.35. The van der Waals surface area contributed by atoms with Gasteiger partial charge in [0.15, 0.2) is 0 Å². The van der Waals surface area contributed by atoms with Gasteiger partial charge in [0, 0.05) is 22.7 Å². The van der Waals surface area contributed by atoms with E-state index in [0.717, 1.165) is 5.56 Å². The molecule has 0 saturated carbocycles. The highest BCUT2D eigenvalue weighted by Gasteiger charge is 2.08. The summed E-state index contributed by atoms with van der Waals surface area (Å²) in [5.74, 6) is 1.55. The Balaban J connectivity index is 2.15. The maximum absolute atomic E-state index is 12.2. The van der Waals surface area contributed by atoms with Crippen LogP contribution in [0.1, 0.15) is 12.5 Å². The molecule has 5 nitrogen and oxygen atoms in total. The summed E-state index contributed by atoms with van der Waals surface area (Å²) in [5.41, 5.74) is 1.28. The number of carbonyl (C=O) groups is 1. The van der Waals surface area contributed by atoms with E-state index in [4.69, 9.17) is 25.8 Å². The lowest BCUT2D eigenvalue weighted by Gasteiger charge is -2.11. The van der Waals surface area contributed by atoms with Crippen molar-refractivity contribution in [2.75, 3.05) is 26.1 Å². The Hall–Kier alpha value is -2.66. The molecular formula is C19H20ClNO4. The number of rotatable bonds is 7. The minimum atomic E-state index is -0.305. The molecule has 0 aliphatic rings. The molecule has 0 aromatic heterocycles. The van der Waals surface area contributed by atoms with Crippen molar-refractivity contribution < 1.29 is 19.0 Å². The number of anilines is 1. The van der Waals surface area contributed by atoms with Gasteiger partial charge in [0.05, 0.1) is 26.5 Å². The van der Waals surface area contributed by atoms with Crippen LogP contribution in [0.4, 0.5) is 5.69 Å². The van der Waals surface area contributed by atoms with Crippen LogP contribution in [-0.4, -0.2) is 26.7 Å². The quantitative estimate of drug-likeness (QED) is 0.742. The molecule has 2 rings (SSSR count). The maximum atomic E-state index is 12.2. The molecule has 0 aliphatic heterocycles. The second-order valence-corrected chi connectivity index (χ2v) is 5.44. The first-order valence-electron chi connectivity index (χ1n) is 7.70. The predicted octanol–water partition coefficient (Wildman–Crippen LogP) is 4.41. The number of halogens is 1. The molecule has 0 bridgehead atoms. The first-order valence-corrected chi connectivity index (χ1v) is 8.08. The van der Waals surface area contributed by atoms with Gasteiger partial charge in [-0.25, -0.2) is 0 Å². The minimum absolute atomic E-state index is 0.305. The van der Waals surface area contributed by atoms with Crippen LogP contribution in [0.5, 0.6) is 17.2 Å². The molecule has 0 heterocycles. The van der Waals surface area contributed by atoms with Crippen molar-refractivity contribution >= 4 is 29.3 Å². The van der Waals surface area contributed by atoms with E-state index in [1.54, 1.807) is 50.6 Å². The summed E-state index contributed by atoms with van der Waals surface area (Å²) in [5, 5.41) is 3.28. The van der Waals surface area contributed by atoms with Gasteiger partial charge in [0.2, 0.25) is 5.91 Å². The van der Waals surface area contributed by atoms with E-state index in [-0.39, 0.29) is 5.91 Å². The normalized spacial score (nSPS) is 10.6. The smallest absolute Gasteiger partial charge is 0.248 e. The van der Waals surface area contributed by atoms with Crippen LogP contribution in [-0.2, 0) is 4.79 Å². The SMILES string of the molecule is CCOc1ccc(Cl)cc1NC(=O)/C=C/c1ccc(OC)cc1OC. The van der Waals surface area contributed by atoms with Gasteiger partial charge in [-0.2, -0.15) is 0 Å². The molecule has 0 fully saturated rings. The summed E-state index contributed by atoms with van der Waals surface area (Å²) >= 11 is 5.99. The Morgan fingerprint density at radius 3 is 2.60 bits per heavy atom.